The molecule has 1 aromatic carbocycles. The summed E-state index contributed by atoms with van der Waals surface area (Å²) < 4.78 is 5.33. The highest BCUT2D eigenvalue weighted by Crippen LogP contribution is 2.45. The molecule has 0 radical (unpaired) electrons. The molecule has 0 bridgehead atoms. The maximum atomic E-state index is 11.0. The summed E-state index contributed by atoms with van der Waals surface area (Å²) in [7, 11) is 0. The Bertz CT molecular complexity index is 458. The van der Waals surface area contributed by atoms with E-state index >= 15 is 0 Å². The summed E-state index contributed by atoms with van der Waals surface area (Å²) in [5.74, 6) is -0.0869. The van der Waals surface area contributed by atoms with Crippen molar-refractivity contribution in [3.8, 4) is 5.75 Å². The Morgan fingerprint density at radius 3 is 2.78 bits per heavy atom. The van der Waals surface area contributed by atoms with E-state index in [2.05, 4.69) is 5.32 Å². The number of carbonyl (C=O) groups is 1. The number of carboxylic acids is 1. The van der Waals surface area contributed by atoms with Gasteiger partial charge in [0.2, 0.25) is 0 Å². The zero-order valence-corrected chi connectivity index (χ0v) is 11.0. The van der Waals surface area contributed by atoms with E-state index in [1.807, 2.05) is 13.0 Å². The Kier molecular flexibility index (Phi) is 3.66. The average Bonchev–Trinajstić information content (AvgIpc) is 3.11. The van der Waals surface area contributed by atoms with Gasteiger partial charge in [0.15, 0.2) is 0 Å². The molecule has 2 N–H and O–H groups in total. The number of nitrogens with one attached hydrogen (secondary N) is 1. The monoisotopic (exact) mass is 269 g/mol. The SMILES string of the molecule is CCOc1ccc(NCC2(C(=O)O)CC2)cc1Cl. The second-order valence-electron chi connectivity index (χ2n) is 4.52. The molecule has 0 amide bonds. The first kappa shape index (κ1) is 13.0. The number of anilines is 1. The van der Waals surface area contributed by atoms with Crippen molar-refractivity contribution < 1.29 is 14.6 Å². The summed E-state index contributed by atoms with van der Waals surface area (Å²) in [4.78, 5) is 11.0. The number of benzene rings is 1. The van der Waals surface area contributed by atoms with Crippen LogP contribution in [0.25, 0.3) is 0 Å². The predicted octanol–water partition coefficient (Wildman–Crippen LogP) is 3.02. The van der Waals surface area contributed by atoms with Crippen molar-refractivity contribution >= 4 is 23.3 Å². The van der Waals surface area contributed by atoms with Crippen LogP contribution < -0.4 is 10.1 Å². The van der Waals surface area contributed by atoms with Gasteiger partial charge in [-0.2, -0.15) is 0 Å². The smallest absolute Gasteiger partial charge is 0.311 e. The Hall–Kier alpha value is -1.42. The second kappa shape index (κ2) is 5.06. The minimum absolute atomic E-state index is 0.437. The van der Waals surface area contributed by atoms with Crippen LogP contribution in [0.5, 0.6) is 5.75 Å². The Morgan fingerprint density at radius 2 is 2.28 bits per heavy atom. The Morgan fingerprint density at radius 1 is 1.56 bits per heavy atom. The van der Waals surface area contributed by atoms with E-state index in [-0.39, 0.29) is 0 Å². The molecule has 1 fully saturated rings. The third-order valence-electron chi connectivity index (χ3n) is 3.17. The molecule has 5 heteroatoms. The number of rotatable bonds is 6. The van der Waals surface area contributed by atoms with Crippen molar-refractivity contribution in [3.63, 3.8) is 0 Å². The number of aliphatic carboxylic acids is 1. The van der Waals surface area contributed by atoms with Crippen molar-refractivity contribution in [1.82, 2.24) is 0 Å². The van der Waals surface area contributed by atoms with E-state index in [9.17, 15) is 4.79 Å². The highest BCUT2D eigenvalue weighted by Gasteiger charge is 2.49. The van der Waals surface area contributed by atoms with Crippen LogP contribution in [-0.2, 0) is 4.79 Å². The van der Waals surface area contributed by atoms with E-state index in [0.717, 1.165) is 18.5 Å². The number of carboxylic acid groups (broad SMARTS) is 1. The number of hydrogen-bond donors (Lipinski definition) is 2. The van der Waals surface area contributed by atoms with Crippen molar-refractivity contribution in [1.29, 1.82) is 0 Å². The molecule has 0 spiro atoms. The Labute approximate surface area is 111 Å². The van der Waals surface area contributed by atoms with Crippen LogP contribution in [0.4, 0.5) is 5.69 Å². The summed E-state index contributed by atoms with van der Waals surface area (Å²) in [5.41, 5.74) is 0.237. The van der Waals surface area contributed by atoms with Crippen LogP contribution in [-0.4, -0.2) is 24.2 Å². The quantitative estimate of drug-likeness (QED) is 0.833. The summed E-state index contributed by atoms with van der Waals surface area (Å²) in [6.45, 7) is 2.90. The predicted molar refractivity (Wildman–Crippen MR) is 70.4 cm³/mol. The van der Waals surface area contributed by atoms with Gasteiger partial charge in [-0.1, -0.05) is 11.6 Å². The van der Waals surface area contributed by atoms with Crippen LogP contribution in [0, 0.1) is 5.41 Å². The molecule has 0 unspecified atom stereocenters. The van der Waals surface area contributed by atoms with Crippen molar-refractivity contribution in [3.05, 3.63) is 23.2 Å². The maximum absolute atomic E-state index is 11.0. The molecular weight excluding hydrogens is 254 g/mol. The lowest BCUT2D eigenvalue weighted by molar-refractivity contribution is -0.142. The summed E-state index contributed by atoms with van der Waals surface area (Å²) in [6.07, 6.45) is 1.47. The molecule has 4 nitrogen and oxygen atoms in total. The van der Waals surface area contributed by atoms with Gasteiger partial charge in [-0.15, -0.1) is 0 Å². The molecule has 0 heterocycles. The van der Waals surface area contributed by atoms with Gasteiger partial charge in [-0.25, -0.2) is 0 Å². The fourth-order valence-corrected chi connectivity index (χ4v) is 2.01. The third-order valence-corrected chi connectivity index (χ3v) is 3.47. The van der Waals surface area contributed by atoms with Crippen LogP contribution in [0.1, 0.15) is 19.8 Å². The van der Waals surface area contributed by atoms with Gasteiger partial charge < -0.3 is 15.2 Å². The molecule has 2 rings (SSSR count). The third kappa shape index (κ3) is 2.70. The topological polar surface area (TPSA) is 58.6 Å². The largest absolute Gasteiger partial charge is 0.492 e. The fourth-order valence-electron chi connectivity index (χ4n) is 1.77. The van der Waals surface area contributed by atoms with E-state index in [0.29, 0.717) is 23.9 Å². The first-order valence-corrected chi connectivity index (χ1v) is 6.35. The molecule has 98 valence electrons. The molecule has 18 heavy (non-hydrogen) atoms. The van der Waals surface area contributed by atoms with Crippen molar-refractivity contribution in [2.45, 2.75) is 19.8 Å². The lowest BCUT2D eigenvalue weighted by Crippen LogP contribution is -2.24. The first-order valence-electron chi connectivity index (χ1n) is 5.97. The lowest BCUT2D eigenvalue weighted by atomic mass is 10.1. The van der Waals surface area contributed by atoms with E-state index in [1.165, 1.54) is 0 Å². The van der Waals surface area contributed by atoms with E-state index < -0.39 is 11.4 Å². The van der Waals surface area contributed by atoms with Crippen LogP contribution in [0.3, 0.4) is 0 Å². The summed E-state index contributed by atoms with van der Waals surface area (Å²) >= 11 is 6.06. The van der Waals surface area contributed by atoms with E-state index in [4.69, 9.17) is 21.4 Å². The van der Waals surface area contributed by atoms with Crippen molar-refractivity contribution in [2.24, 2.45) is 5.41 Å². The number of hydrogen-bond acceptors (Lipinski definition) is 3. The van der Waals surface area contributed by atoms with Gasteiger partial charge in [0, 0.05) is 12.2 Å². The van der Waals surface area contributed by atoms with Crippen LogP contribution in [0.15, 0.2) is 18.2 Å². The molecular formula is C13H16ClNO3. The fraction of sp³-hybridized carbons (Fsp3) is 0.462. The van der Waals surface area contributed by atoms with Gasteiger partial charge in [-0.05, 0) is 38.0 Å². The van der Waals surface area contributed by atoms with Gasteiger partial charge in [-0.3, -0.25) is 4.79 Å². The molecule has 0 aromatic heterocycles. The van der Waals surface area contributed by atoms with Crippen LogP contribution >= 0.6 is 11.6 Å². The highest BCUT2D eigenvalue weighted by atomic mass is 35.5. The second-order valence-corrected chi connectivity index (χ2v) is 4.92. The molecule has 0 atom stereocenters. The minimum atomic E-state index is -0.730. The maximum Gasteiger partial charge on any atom is 0.311 e. The molecule has 0 aliphatic heterocycles. The summed E-state index contributed by atoms with van der Waals surface area (Å²) in [6, 6.07) is 5.38. The molecule has 1 aromatic rings. The molecule has 0 saturated heterocycles. The van der Waals surface area contributed by atoms with Gasteiger partial charge >= 0.3 is 5.97 Å². The normalized spacial score (nSPS) is 16.1. The number of halogens is 1. The zero-order chi connectivity index (χ0) is 13.2. The first-order chi connectivity index (χ1) is 8.57. The van der Waals surface area contributed by atoms with Crippen molar-refractivity contribution in [2.75, 3.05) is 18.5 Å². The van der Waals surface area contributed by atoms with Gasteiger partial charge in [0.05, 0.1) is 17.0 Å². The number of ether oxygens (including phenoxy) is 1. The van der Waals surface area contributed by atoms with Gasteiger partial charge in [0.1, 0.15) is 5.75 Å². The standard InChI is InChI=1S/C13H16ClNO3/c1-2-18-11-4-3-9(7-10(11)14)15-8-13(5-6-13)12(16)17/h3-4,7,15H,2,5-6,8H2,1H3,(H,16,17). The Balaban J connectivity index is 1.98. The van der Waals surface area contributed by atoms with E-state index in [1.54, 1.807) is 12.1 Å². The average molecular weight is 270 g/mol. The summed E-state index contributed by atoms with van der Waals surface area (Å²) in [5, 5.41) is 12.7. The molecule has 1 aliphatic rings. The van der Waals surface area contributed by atoms with Crippen LogP contribution in [0.2, 0.25) is 5.02 Å². The molecule has 1 aliphatic carbocycles. The lowest BCUT2D eigenvalue weighted by Gasteiger charge is -2.13. The highest BCUT2D eigenvalue weighted by molar-refractivity contribution is 6.32. The molecule has 1 saturated carbocycles. The minimum Gasteiger partial charge on any atom is -0.492 e. The van der Waals surface area contributed by atoms with Gasteiger partial charge in [0.25, 0.3) is 0 Å². The zero-order valence-electron chi connectivity index (χ0n) is 10.2.